The molecule has 1 aliphatic heterocycles. The fourth-order valence-electron chi connectivity index (χ4n) is 2.90. The van der Waals surface area contributed by atoms with Crippen molar-refractivity contribution in [2.24, 2.45) is 10.9 Å². The first-order valence-electron chi connectivity index (χ1n) is 8.66. The summed E-state index contributed by atoms with van der Waals surface area (Å²) in [4.78, 5) is 20.1. The lowest BCUT2D eigenvalue weighted by Gasteiger charge is -2.36. The summed E-state index contributed by atoms with van der Waals surface area (Å²) < 4.78 is 4.70. The molecular weight excluding hydrogens is 318 g/mol. The van der Waals surface area contributed by atoms with Crippen LogP contribution < -0.4 is 0 Å². The third-order valence-corrected chi connectivity index (χ3v) is 4.25. The van der Waals surface area contributed by atoms with Crippen LogP contribution in [0.25, 0.3) is 0 Å². The smallest absolute Gasteiger partial charge is 0.308 e. The van der Waals surface area contributed by atoms with Crippen molar-refractivity contribution in [2.45, 2.75) is 19.4 Å². The van der Waals surface area contributed by atoms with Crippen LogP contribution in [-0.2, 0) is 9.53 Å². The van der Waals surface area contributed by atoms with Gasteiger partial charge in [-0.3, -0.25) is 19.6 Å². The molecule has 140 valence electrons. The molecule has 1 fully saturated rings. The Kier molecular flexibility index (Phi) is 9.99. The Morgan fingerprint density at radius 1 is 1.28 bits per heavy atom. The van der Waals surface area contributed by atoms with E-state index in [1.54, 1.807) is 19.2 Å². The summed E-state index contributed by atoms with van der Waals surface area (Å²) in [6.07, 6.45) is 6.95. The summed E-state index contributed by atoms with van der Waals surface area (Å²) >= 11 is 0. The second-order valence-corrected chi connectivity index (χ2v) is 6.33. The summed E-state index contributed by atoms with van der Waals surface area (Å²) in [5.41, 5.74) is 1.09. The summed E-state index contributed by atoms with van der Waals surface area (Å²) in [6.45, 7) is 14.2. The van der Waals surface area contributed by atoms with E-state index in [2.05, 4.69) is 28.0 Å². The first-order valence-corrected chi connectivity index (χ1v) is 8.66. The van der Waals surface area contributed by atoms with Crippen LogP contribution in [-0.4, -0.2) is 79.6 Å². The van der Waals surface area contributed by atoms with Gasteiger partial charge in [0, 0.05) is 51.7 Å². The molecule has 2 unspecified atom stereocenters. The Morgan fingerprint density at radius 3 is 2.48 bits per heavy atom. The largest absolute Gasteiger partial charge is 0.469 e. The predicted octanol–water partition coefficient (Wildman–Crippen LogP) is 1.49. The van der Waals surface area contributed by atoms with E-state index in [0.29, 0.717) is 13.0 Å². The average Bonchev–Trinajstić information content (AvgIpc) is 2.60. The first-order chi connectivity index (χ1) is 12.0. The number of rotatable bonds is 10. The molecule has 1 heterocycles. The van der Waals surface area contributed by atoms with Crippen molar-refractivity contribution in [3.8, 4) is 0 Å². The Labute approximate surface area is 151 Å². The topological polar surface area (TPSA) is 65.4 Å². The molecule has 1 aliphatic rings. The highest BCUT2D eigenvalue weighted by Crippen LogP contribution is 2.11. The number of piperazine rings is 1. The number of carbonyl (C=O) groups excluding carboxylic acids is 1. The van der Waals surface area contributed by atoms with Crippen LogP contribution >= 0.6 is 0 Å². The third kappa shape index (κ3) is 8.25. The Morgan fingerprint density at radius 2 is 1.92 bits per heavy atom. The van der Waals surface area contributed by atoms with Gasteiger partial charge >= 0.3 is 5.97 Å². The van der Waals surface area contributed by atoms with Crippen LogP contribution in [0.4, 0.5) is 0 Å². The minimum absolute atomic E-state index is 0.272. The van der Waals surface area contributed by atoms with Gasteiger partial charge in [0.05, 0.1) is 19.1 Å². The van der Waals surface area contributed by atoms with Crippen molar-refractivity contribution in [2.75, 3.05) is 46.4 Å². The number of esters is 1. The van der Waals surface area contributed by atoms with Gasteiger partial charge in [-0.1, -0.05) is 32.2 Å². The van der Waals surface area contributed by atoms with Crippen molar-refractivity contribution >= 4 is 12.2 Å². The number of β-amino-alcohol motifs (C(OH)–C–C–N with tert-alkyl or cyclic N) is 1. The monoisotopic (exact) mass is 349 g/mol. The fraction of sp³-hybridized carbons (Fsp3) is 0.579. The molecule has 0 aromatic carbocycles. The standard InChI is InChI=1S/C19H31N3O3/c1-5-7-17(13-20-6-2)14-21-8-10-22(11-9-21)15-18(23)12-16(3)19(24)25-4/h5-7,13,16,18,23H,1-2,8-12,14-15H2,3-4H3/b17-7+,20-13?. The third-order valence-electron chi connectivity index (χ3n) is 4.25. The van der Waals surface area contributed by atoms with E-state index >= 15 is 0 Å². The zero-order chi connectivity index (χ0) is 18.7. The maximum absolute atomic E-state index is 11.4. The number of carbonyl (C=O) groups is 1. The molecule has 6 nitrogen and oxygen atoms in total. The summed E-state index contributed by atoms with van der Waals surface area (Å²) in [5.74, 6) is -0.552. The van der Waals surface area contributed by atoms with Gasteiger partial charge in [0.25, 0.3) is 0 Å². The first kappa shape index (κ1) is 21.3. The highest BCUT2D eigenvalue weighted by molar-refractivity contribution is 5.80. The molecule has 0 spiro atoms. The Bertz CT molecular complexity index is 494. The van der Waals surface area contributed by atoms with Gasteiger partial charge in [-0.25, -0.2) is 0 Å². The van der Waals surface area contributed by atoms with Crippen LogP contribution in [0, 0.1) is 5.92 Å². The van der Waals surface area contributed by atoms with Crippen LogP contribution in [0.3, 0.4) is 0 Å². The maximum atomic E-state index is 11.4. The molecule has 1 rings (SSSR count). The number of hydrogen-bond donors (Lipinski definition) is 1. The maximum Gasteiger partial charge on any atom is 0.308 e. The number of aliphatic imine (C=N–C) groups is 1. The van der Waals surface area contributed by atoms with Crippen LogP contribution in [0.1, 0.15) is 13.3 Å². The van der Waals surface area contributed by atoms with Crippen molar-refractivity contribution in [3.05, 3.63) is 37.1 Å². The van der Waals surface area contributed by atoms with Gasteiger partial charge in [0.15, 0.2) is 0 Å². The summed E-state index contributed by atoms with van der Waals surface area (Å²) in [7, 11) is 1.37. The number of ether oxygens (including phenoxy) is 1. The number of nitrogens with zero attached hydrogens (tertiary/aromatic N) is 3. The lowest BCUT2D eigenvalue weighted by Crippen LogP contribution is -2.49. The average molecular weight is 349 g/mol. The van der Waals surface area contributed by atoms with Gasteiger partial charge in [-0.15, -0.1) is 0 Å². The second kappa shape index (κ2) is 11.7. The second-order valence-electron chi connectivity index (χ2n) is 6.33. The zero-order valence-electron chi connectivity index (χ0n) is 15.4. The fourth-order valence-corrected chi connectivity index (χ4v) is 2.90. The molecule has 2 atom stereocenters. The lowest BCUT2D eigenvalue weighted by molar-refractivity contribution is -0.146. The quantitative estimate of drug-likeness (QED) is 0.368. The minimum atomic E-state index is -0.517. The van der Waals surface area contributed by atoms with E-state index in [0.717, 1.165) is 38.3 Å². The lowest BCUT2D eigenvalue weighted by atomic mass is 10.0. The summed E-state index contributed by atoms with van der Waals surface area (Å²) in [5, 5.41) is 10.2. The zero-order valence-corrected chi connectivity index (χ0v) is 15.4. The van der Waals surface area contributed by atoms with Crippen LogP contribution in [0.15, 0.2) is 42.1 Å². The summed E-state index contributed by atoms with van der Waals surface area (Å²) in [6, 6.07) is 0. The molecule has 0 aliphatic carbocycles. The van der Waals surface area contributed by atoms with E-state index in [9.17, 15) is 9.90 Å². The molecule has 25 heavy (non-hydrogen) atoms. The SMILES string of the molecule is C=C/C=C(\C=NC=C)CN1CCN(CC(O)CC(C)C(=O)OC)CC1. The molecule has 1 saturated heterocycles. The number of aliphatic hydroxyl groups is 1. The van der Waals surface area contributed by atoms with Crippen molar-refractivity contribution in [1.82, 2.24) is 9.80 Å². The molecular formula is C19H31N3O3. The van der Waals surface area contributed by atoms with E-state index < -0.39 is 6.10 Å². The van der Waals surface area contributed by atoms with Crippen LogP contribution in [0.5, 0.6) is 0 Å². The molecule has 6 heteroatoms. The van der Waals surface area contributed by atoms with Gasteiger partial charge < -0.3 is 9.84 Å². The molecule has 1 N–H and O–H groups in total. The molecule has 0 radical (unpaired) electrons. The van der Waals surface area contributed by atoms with Crippen LogP contribution in [0.2, 0.25) is 0 Å². The molecule has 0 aromatic heterocycles. The van der Waals surface area contributed by atoms with Gasteiger partial charge in [-0.05, 0) is 12.0 Å². The molecule has 0 bridgehead atoms. The molecule has 0 saturated carbocycles. The van der Waals surface area contributed by atoms with Gasteiger partial charge in [0.2, 0.25) is 0 Å². The van der Waals surface area contributed by atoms with Crippen molar-refractivity contribution in [1.29, 1.82) is 0 Å². The van der Waals surface area contributed by atoms with Gasteiger partial charge in [-0.2, -0.15) is 0 Å². The number of allylic oxidation sites excluding steroid dienone is 2. The molecule has 0 aromatic rings. The predicted molar refractivity (Wildman–Crippen MR) is 102 cm³/mol. The van der Waals surface area contributed by atoms with E-state index in [-0.39, 0.29) is 11.9 Å². The number of hydrogen-bond acceptors (Lipinski definition) is 6. The number of methoxy groups -OCH3 is 1. The normalized spacial score (nSPS) is 19.6. The van der Waals surface area contributed by atoms with E-state index in [1.165, 1.54) is 13.3 Å². The van der Waals surface area contributed by atoms with Crippen molar-refractivity contribution in [3.63, 3.8) is 0 Å². The highest BCUT2D eigenvalue weighted by atomic mass is 16.5. The Hall–Kier alpha value is -1.76. The number of aliphatic hydroxyl groups excluding tert-OH is 1. The van der Waals surface area contributed by atoms with E-state index in [4.69, 9.17) is 4.74 Å². The minimum Gasteiger partial charge on any atom is -0.469 e. The molecule has 0 amide bonds. The van der Waals surface area contributed by atoms with E-state index in [1.807, 2.05) is 6.08 Å². The Balaban J connectivity index is 2.39. The van der Waals surface area contributed by atoms with Gasteiger partial charge in [0.1, 0.15) is 0 Å². The highest BCUT2D eigenvalue weighted by Gasteiger charge is 2.22. The van der Waals surface area contributed by atoms with Crippen molar-refractivity contribution < 1.29 is 14.6 Å².